The van der Waals surface area contributed by atoms with Crippen LogP contribution in [-0.2, 0) is 21.9 Å². The fraction of sp³-hybridized carbons (Fsp3) is 0.333. The molecule has 1 aliphatic heterocycles. The number of carbonyl (C=O) groups excluding carboxylic acids is 1. The molecule has 4 rings (SSSR count). The summed E-state index contributed by atoms with van der Waals surface area (Å²) in [7, 11) is 0.706. The smallest absolute Gasteiger partial charge is 0.274 e. The average molecular weight is 445 g/mol. The minimum absolute atomic E-state index is 0.00989. The summed E-state index contributed by atoms with van der Waals surface area (Å²) in [4.78, 5) is 28.0. The van der Waals surface area contributed by atoms with E-state index in [0.29, 0.717) is 27.8 Å². The molecule has 1 atom stereocenters. The Morgan fingerprint density at radius 1 is 1.16 bits per heavy atom. The molecular weight excluding hydrogens is 420 g/mol. The monoisotopic (exact) mass is 444 g/mol. The summed E-state index contributed by atoms with van der Waals surface area (Å²) in [6.45, 7) is 3.74. The lowest BCUT2D eigenvalue weighted by Crippen LogP contribution is -2.41. The van der Waals surface area contributed by atoms with Crippen LogP contribution in [0.15, 0.2) is 40.3 Å². The molecule has 31 heavy (non-hydrogen) atoms. The van der Waals surface area contributed by atoms with Crippen LogP contribution < -0.4 is 15.6 Å². The normalized spacial score (nSPS) is 16.5. The Bertz CT molecular complexity index is 1370. The van der Waals surface area contributed by atoms with Crippen LogP contribution in [0.3, 0.4) is 0 Å². The summed E-state index contributed by atoms with van der Waals surface area (Å²) in [5.74, 6) is -0.0594. The van der Waals surface area contributed by atoms with E-state index in [0.717, 1.165) is 4.31 Å². The number of aryl methyl sites for hydroxylation is 1. The van der Waals surface area contributed by atoms with Gasteiger partial charge in [-0.05, 0) is 24.1 Å². The van der Waals surface area contributed by atoms with Crippen molar-refractivity contribution in [3.05, 3.63) is 40.9 Å². The summed E-state index contributed by atoms with van der Waals surface area (Å²) in [6, 6.07) is 4.68. The van der Waals surface area contributed by atoms with E-state index >= 15 is 0 Å². The first-order valence-corrected chi connectivity index (χ1v) is 11.2. The number of benzene rings is 1. The second-order valence-electron chi connectivity index (χ2n) is 8.13. The van der Waals surface area contributed by atoms with Gasteiger partial charge >= 0.3 is 0 Å². The molecule has 1 aromatic carbocycles. The van der Waals surface area contributed by atoms with E-state index < -0.39 is 16.1 Å². The van der Waals surface area contributed by atoms with Crippen LogP contribution in [-0.4, -0.2) is 48.4 Å². The average Bonchev–Trinajstić information content (AvgIpc) is 3.19. The number of nitrogens with zero attached hydrogens (tertiary/aromatic N) is 2. The molecule has 2 N–H and O–H groups in total. The zero-order valence-corrected chi connectivity index (χ0v) is 18.7. The number of anilines is 1. The van der Waals surface area contributed by atoms with Gasteiger partial charge in [-0.3, -0.25) is 9.59 Å². The van der Waals surface area contributed by atoms with Crippen molar-refractivity contribution in [1.29, 1.82) is 0 Å². The SMILES string of the molecule is CC(C)C1Oc2c(cc(S(=O)(=O)N(C)C)cc2-c2cn(C)c(=O)c3[nH]ccc23)NC1=O. The van der Waals surface area contributed by atoms with Gasteiger partial charge in [0.15, 0.2) is 11.9 Å². The minimum atomic E-state index is -3.80. The number of carbonyl (C=O) groups is 1. The number of rotatable bonds is 4. The standard InChI is InChI=1S/C21H24N4O5S/c1-11(2)18-20(26)23-16-9-12(31(28,29)24(3)4)8-14(19(16)30-18)15-10-25(5)21(27)17-13(15)6-7-22-17/h6-11,18,22H,1-5H3,(H,23,26). The third-order valence-corrected chi connectivity index (χ3v) is 7.18. The molecule has 1 amide bonds. The summed E-state index contributed by atoms with van der Waals surface area (Å²) >= 11 is 0. The Hall–Kier alpha value is -3.11. The van der Waals surface area contributed by atoms with Gasteiger partial charge in [-0.25, -0.2) is 12.7 Å². The maximum atomic E-state index is 12.9. The molecule has 0 fully saturated rings. The highest BCUT2D eigenvalue weighted by Gasteiger charge is 2.34. The number of aromatic nitrogens is 2. The third kappa shape index (κ3) is 3.31. The molecule has 10 heteroatoms. The molecule has 1 aliphatic rings. The number of nitrogens with one attached hydrogen (secondary N) is 2. The first kappa shape index (κ1) is 21.1. The molecule has 0 spiro atoms. The van der Waals surface area contributed by atoms with Gasteiger partial charge in [0.1, 0.15) is 5.52 Å². The van der Waals surface area contributed by atoms with E-state index in [1.54, 1.807) is 25.5 Å². The number of aromatic amines is 1. The van der Waals surface area contributed by atoms with Crippen molar-refractivity contribution >= 4 is 32.5 Å². The summed E-state index contributed by atoms with van der Waals surface area (Å²) in [5.41, 5.74) is 1.56. The fourth-order valence-corrected chi connectivity index (χ4v) is 4.64. The van der Waals surface area contributed by atoms with Crippen LogP contribution in [0.5, 0.6) is 5.75 Å². The maximum Gasteiger partial charge on any atom is 0.274 e. The predicted octanol–water partition coefficient (Wildman–Crippen LogP) is 2.14. The Labute approximate surface area is 179 Å². The molecule has 1 unspecified atom stereocenters. The zero-order valence-electron chi connectivity index (χ0n) is 17.9. The number of fused-ring (bicyclic) bond motifs is 2. The van der Waals surface area contributed by atoms with E-state index in [1.165, 1.54) is 30.8 Å². The second kappa shape index (κ2) is 7.24. The van der Waals surface area contributed by atoms with Gasteiger partial charge < -0.3 is 19.6 Å². The van der Waals surface area contributed by atoms with Crippen LogP contribution in [0.25, 0.3) is 22.0 Å². The number of H-pyrrole nitrogens is 1. The second-order valence-corrected chi connectivity index (χ2v) is 10.3. The van der Waals surface area contributed by atoms with Crippen LogP contribution >= 0.6 is 0 Å². The Kier molecular flexibility index (Phi) is 4.94. The number of hydrogen-bond donors (Lipinski definition) is 2. The lowest BCUT2D eigenvalue weighted by molar-refractivity contribution is -0.125. The first-order chi connectivity index (χ1) is 14.5. The number of hydrogen-bond acceptors (Lipinski definition) is 5. The molecule has 0 bridgehead atoms. The molecule has 0 saturated heterocycles. The topological polar surface area (TPSA) is 114 Å². The highest BCUT2D eigenvalue weighted by atomic mass is 32.2. The molecule has 2 aromatic heterocycles. The van der Waals surface area contributed by atoms with Crippen LogP contribution in [0.1, 0.15) is 13.8 Å². The molecule has 0 saturated carbocycles. The van der Waals surface area contributed by atoms with Gasteiger partial charge in [-0.15, -0.1) is 0 Å². The Morgan fingerprint density at radius 2 is 1.87 bits per heavy atom. The van der Waals surface area contributed by atoms with E-state index in [-0.39, 0.29) is 28.0 Å². The van der Waals surface area contributed by atoms with Crippen molar-refractivity contribution in [1.82, 2.24) is 13.9 Å². The van der Waals surface area contributed by atoms with Crippen molar-refractivity contribution in [2.45, 2.75) is 24.8 Å². The van der Waals surface area contributed by atoms with E-state index in [4.69, 9.17) is 4.74 Å². The highest BCUT2D eigenvalue weighted by Crippen LogP contribution is 2.44. The van der Waals surface area contributed by atoms with E-state index in [9.17, 15) is 18.0 Å². The molecule has 3 aromatic rings. The van der Waals surface area contributed by atoms with Crippen molar-refractivity contribution in [2.75, 3.05) is 19.4 Å². The Morgan fingerprint density at radius 3 is 2.52 bits per heavy atom. The Balaban J connectivity index is 2.08. The van der Waals surface area contributed by atoms with E-state index in [2.05, 4.69) is 10.3 Å². The minimum Gasteiger partial charge on any atom is -0.477 e. The van der Waals surface area contributed by atoms with Crippen LogP contribution in [0.2, 0.25) is 0 Å². The van der Waals surface area contributed by atoms with E-state index in [1.807, 2.05) is 13.8 Å². The van der Waals surface area contributed by atoms with Gasteiger partial charge in [0.2, 0.25) is 10.0 Å². The highest BCUT2D eigenvalue weighted by molar-refractivity contribution is 7.89. The zero-order chi connectivity index (χ0) is 22.7. The van der Waals surface area contributed by atoms with Gasteiger partial charge in [-0.2, -0.15) is 0 Å². The number of sulfonamides is 1. The molecule has 0 aliphatic carbocycles. The summed E-state index contributed by atoms with van der Waals surface area (Å²) < 4.78 is 34.4. The molecule has 164 valence electrons. The molecular formula is C21H24N4O5S. The molecule has 9 nitrogen and oxygen atoms in total. The van der Waals surface area contributed by atoms with Gasteiger partial charge in [-0.1, -0.05) is 13.8 Å². The van der Waals surface area contributed by atoms with Gasteiger partial charge in [0, 0.05) is 50.0 Å². The first-order valence-electron chi connectivity index (χ1n) is 9.77. The van der Waals surface area contributed by atoms with Crippen LogP contribution in [0.4, 0.5) is 5.69 Å². The van der Waals surface area contributed by atoms with Crippen molar-refractivity contribution < 1.29 is 17.9 Å². The van der Waals surface area contributed by atoms with Crippen LogP contribution in [0, 0.1) is 5.92 Å². The third-order valence-electron chi connectivity index (χ3n) is 5.39. The molecule has 0 radical (unpaired) electrons. The predicted molar refractivity (Wildman–Crippen MR) is 118 cm³/mol. The largest absolute Gasteiger partial charge is 0.477 e. The lowest BCUT2D eigenvalue weighted by atomic mass is 9.99. The summed E-state index contributed by atoms with van der Waals surface area (Å²) in [6.07, 6.45) is 2.57. The maximum absolute atomic E-state index is 12.9. The van der Waals surface area contributed by atoms with Crippen molar-refractivity contribution in [3.63, 3.8) is 0 Å². The van der Waals surface area contributed by atoms with Crippen molar-refractivity contribution in [3.8, 4) is 16.9 Å². The fourth-order valence-electron chi connectivity index (χ4n) is 3.69. The number of amides is 1. The van der Waals surface area contributed by atoms with Gasteiger partial charge in [0.25, 0.3) is 11.5 Å². The number of ether oxygens (including phenoxy) is 1. The number of pyridine rings is 1. The lowest BCUT2D eigenvalue weighted by Gasteiger charge is -2.30. The van der Waals surface area contributed by atoms with Crippen molar-refractivity contribution in [2.24, 2.45) is 13.0 Å². The quantitative estimate of drug-likeness (QED) is 0.640. The summed E-state index contributed by atoms with van der Waals surface area (Å²) in [5, 5.41) is 3.43. The van der Waals surface area contributed by atoms with Gasteiger partial charge in [0.05, 0.1) is 10.6 Å². The molecule has 3 heterocycles.